The fraction of sp³-hybridized carbons (Fsp3) is 0.417. The van der Waals surface area contributed by atoms with E-state index in [4.69, 9.17) is 15.2 Å². The van der Waals surface area contributed by atoms with Crippen LogP contribution in [0.5, 0.6) is 11.5 Å². The largest absolute Gasteiger partial charge is 0.493 e. The van der Waals surface area contributed by atoms with Crippen LogP contribution in [0.4, 0.5) is 0 Å². The number of ether oxygens (including phenoxy) is 2. The van der Waals surface area contributed by atoms with E-state index in [1.807, 2.05) is 24.3 Å². The fourth-order valence-corrected chi connectivity index (χ4v) is 1.31. The zero-order chi connectivity index (χ0) is 12.5. The molecule has 1 aromatic carbocycles. The van der Waals surface area contributed by atoms with Crippen LogP contribution in [0.2, 0.25) is 0 Å². The van der Waals surface area contributed by atoms with Crippen LogP contribution in [0.25, 0.3) is 0 Å². The summed E-state index contributed by atoms with van der Waals surface area (Å²) in [5.41, 5.74) is 5.01. The lowest BCUT2D eigenvalue weighted by Gasteiger charge is -2.10. The lowest BCUT2D eigenvalue weighted by atomic mass is 10.3. The molecule has 1 rings (SSSR count). The van der Waals surface area contributed by atoms with Gasteiger partial charge in [-0.3, -0.25) is 4.79 Å². The maximum atomic E-state index is 10.5. The number of hydrogen-bond acceptors (Lipinski definition) is 4. The Bertz CT molecular complexity index is 355. The van der Waals surface area contributed by atoms with Crippen LogP contribution in [0, 0.1) is 0 Å². The number of rotatable bonds is 8. The standard InChI is InChI=1S/C12H18N2O3/c1-16-10-4-2-3-5-11(10)17-9-8-14-7-6-12(13)15/h2-5,14H,6-9H2,1H3,(H2,13,15). The highest BCUT2D eigenvalue weighted by Crippen LogP contribution is 2.25. The zero-order valence-corrected chi connectivity index (χ0v) is 9.94. The van der Waals surface area contributed by atoms with Crippen LogP contribution in [0.15, 0.2) is 24.3 Å². The number of benzene rings is 1. The van der Waals surface area contributed by atoms with Gasteiger partial charge in [0, 0.05) is 19.5 Å². The lowest BCUT2D eigenvalue weighted by Crippen LogP contribution is -2.25. The molecule has 0 heterocycles. The number of hydrogen-bond donors (Lipinski definition) is 2. The molecule has 17 heavy (non-hydrogen) atoms. The molecule has 0 atom stereocenters. The number of nitrogens with two attached hydrogens (primary N) is 1. The summed E-state index contributed by atoms with van der Waals surface area (Å²) in [6.45, 7) is 1.75. The van der Waals surface area contributed by atoms with E-state index in [-0.39, 0.29) is 5.91 Å². The number of para-hydroxylation sites is 2. The predicted octanol–water partition coefficient (Wildman–Crippen LogP) is 0.539. The SMILES string of the molecule is COc1ccccc1OCCNCCC(N)=O. The van der Waals surface area contributed by atoms with Crippen LogP contribution >= 0.6 is 0 Å². The van der Waals surface area contributed by atoms with Gasteiger partial charge >= 0.3 is 0 Å². The first-order valence-electron chi connectivity index (χ1n) is 5.49. The first-order chi connectivity index (χ1) is 8.24. The molecular formula is C12H18N2O3. The summed E-state index contributed by atoms with van der Waals surface area (Å²) in [5, 5.41) is 3.06. The van der Waals surface area contributed by atoms with Crippen LogP contribution in [-0.4, -0.2) is 32.7 Å². The van der Waals surface area contributed by atoms with E-state index >= 15 is 0 Å². The van der Waals surface area contributed by atoms with Crippen molar-refractivity contribution in [2.24, 2.45) is 5.73 Å². The molecule has 5 heteroatoms. The third-order valence-corrected chi connectivity index (χ3v) is 2.15. The highest BCUT2D eigenvalue weighted by Gasteiger charge is 2.01. The number of methoxy groups -OCH3 is 1. The van der Waals surface area contributed by atoms with Gasteiger partial charge in [-0.1, -0.05) is 12.1 Å². The first-order valence-corrected chi connectivity index (χ1v) is 5.49. The van der Waals surface area contributed by atoms with E-state index in [0.29, 0.717) is 37.6 Å². The number of primary amides is 1. The fourth-order valence-electron chi connectivity index (χ4n) is 1.31. The molecule has 1 aromatic rings. The molecule has 0 aliphatic carbocycles. The average molecular weight is 238 g/mol. The van der Waals surface area contributed by atoms with Crippen LogP contribution in [0.1, 0.15) is 6.42 Å². The summed E-state index contributed by atoms with van der Waals surface area (Å²) < 4.78 is 10.7. The number of amides is 1. The van der Waals surface area contributed by atoms with Gasteiger partial charge in [-0.15, -0.1) is 0 Å². The monoisotopic (exact) mass is 238 g/mol. The van der Waals surface area contributed by atoms with Gasteiger partial charge in [0.05, 0.1) is 7.11 Å². The number of carbonyl (C=O) groups is 1. The lowest BCUT2D eigenvalue weighted by molar-refractivity contribution is -0.117. The molecule has 5 nitrogen and oxygen atoms in total. The van der Waals surface area contributed by atoms with Crippen molar-refractivity contribution in [3.05, 3.63) is 24.3 Å². The second-order valence-electron chi connectivity index (χ2n) is 3.47. The highest BCUT2D eigenvalue weighted by molar-refractivity contribution is 5.73. The quantitative estimate of drug-likeness (QED) is 0.648. The van der Waals surface area contributed by atoms with Gasteiger partial charge in [0.2, 0.25) is 5.91 Å². The molecule has 0 bridgehead atoms. The molecule has 0 saturated carbocycles. The van der Waals surface area contributed by atoms with E-state index in [9.17, 15) is 4.79 Å². The molecule has 3 N–H and O–H groups in total. The minimum atomic E-state index is -0.303. The molecule has 0 fully saturated rings. The normalized spacial score (nSPS) is 9.94. The summed E-state index contributed by atoms with van der Waals surface area (Å²) in [6.07, 6.45) is 0.342. The molecule has 94 valence electrons. The second-order valence-corrected chi connectivity index (χ2v) is 3.47. The summed E-state index contributed by atoms with van der Waals surface area (Å²) in [7, 11) is 1.60. The van der Waals surface area contributed by atoms with Crippen molar-refractivity contribution >= 4 is 5.91 Å². The third-order valence-electron chi connectivity index (χ3n) is 2.15. The Hall–Kier alpha value is -1.75. The smallest absolute Gasteiger partial charge is 0.218 e. The Morgan fingerprint density at radius 3 is 2.65 bits per heavy atom. The molecule has 0 unspecified atom stereocenters. The summed E-state index contributed by atoms with van der Waals surface area (Å²) >= 11 is 0. The topological polar surface area (TPSA) is 73.6 Å². The van der Waals surface area contributed by atoms with Crippen molar-refractivity contribution in [2.75, 3.05) is 26.8 Å². The molecule has 1 amide bonds. The highest BCUT2D eigenvalue weighted by atomic mass is 16.5. The second kappa shape index (κ2) is 7.51. The Morgan fingerprint density at radius 2 is 2.00 bits per heavy atom. The Morgan fingerprint density at radius 1 is 1.29 bits per heavy atom. The molecule has 0 aliphatic rings. The van der Waals surface area contributed by atoms with Gasteiger partial charge in [0.1, 0.15) is 6.61 Å². The average Bonchev–Trinajstić information content (AvgIpc) is 2.33. The van der Waals surface area contributed by atoms with Crippen LogP contribution in [-0.2, 0) is 4.79 Å². The van der Waals surface area contributed by atoms with Gasteiger partial charge in [0.15, 0.2) is 11.5 Å². The third kappa shape index (κ3) is 5.21. The van der Waals surface area contributed by atoms with Gasteiger partial charge in [-0.05, 0) is 12.1 Å². The molecule has 0 spiro atoms. The maximum Gasteiger partial charge on any atom is 0.218 e. The molecular weight excluding hydrogens is 220 g/mol. The van der Waals surface area contributed by atoms with E-state index in [1.54, 1.807) is 7.11 Å². The van der Waals surface area contributed by atoms with Crippen molar-refractivity contribution in [3.63, 3.8) is 0 Å². The van der Waals surface area contributed by atoms with Crippen molar-refractivity contribution in [1.82, 2.24) is 5.32 Å². The van der Waals surface area contributed by atoms with Gasteiger partial charge < -0.3 is 20.5 Å². The Labute approximate surface area is 101 Å². The van der Waals surface area contributed by atoms with Crippen molar-refractivity contribution in [3.8, 4) is 11.5 Å². The molecule has 0 aliphatic heterocycles. The number of carbonyl (C=O) groups excluding carboxylic acids is 1. The van der Waals surface area contributed by atoms with E-state index in [1.165, 1.54) is 0 Å². The van der Waals surface area contributed by atoms with Gasteiger partial charge in [-0.25, -0.2) is 0 Å². The first kappa shape index (κ1) is 13.3. The minimum Gasteiger partial charge on any atom is -0.493 e. The van der Waals surface area contributed by atoms with E-state index in [2.05, 4.69) is 5.32 Å². The number of nitrogens with one attached hydrogen (secondary N) is 1. The summed E-state index contributed by atoms with van der Waals surface area (Å²) in [5.74, 6) is 1.12. The zero-order valence-electron chi connectivity index (χ0n) is 9.94. The molecule has 0 saturated heterocycles. The van der Waals surface area contributed by atoms with Crippen LogP contribution < -0.4 is 20.5 Å². The van der Waals surface area contributed by atoms with E-state index in [0.717, 1.165) is 0 Å². The Balaban J connectivity index is 2.19. The van der Waals surface area contributed by atoms with Crippen molar-refractivity contribution in [2.45, 2.75) is 6.42 Å². The summed E-state index contributed by atoms with van der Waals surface area (Å²) in [4.78, 5) is 10.5. The van der Waals surface area contributed by atoms with Crippen molar-refractivity contribution < 1.29 is 14.3 Å². The molecule has 0 aromatic heterocycles. The van der Waals surface area contributed by atoms with Gasteiger partial charge in [-0.2, -0.15) is 0 Å². The van der Waals surface area contributed by atoms with Crippen molar-refractivity contribution in [1.29, 1.82) is 0 Å². The van der Waals surface area contributed by atoms with E-state index < -0.39 is 0 Å². The predicted molar refractivity (Wildman–Crippen MR) is 65.2 cm³/mol. The molecule has 0 radical (unpaired) electrons. The summed E-state index contributed by atoms with van der Waals surface area (Å²) in [6, 6.07) is 7.47. The van der Waals surface area contributed by atoms with Crippen LogP contribution in [0.3, 0.4) is 0 Å². The minimum absolute atomic E-state index is 0.303. The Kier molecular flexibility index (Phi) is 5.88. The van der Waals surface area contributed by atoms with Gasteiger partial charge in [0.25, 0.3) is 0 Å². The maximum absolute atomic E-state index is 10.5.